The summed E-state index contributed by atoms with van der Waals surface area (Å²) in [7, 11) is 0. The second-order valence-electron chi connectivity index (χ2n) is 8.89. The van der Waals surface area contributed by atoms with E-state index >= 15 is 0 Å². The number of aliphatic carboxylic acids is 1. The number of hydroxylamine groups is 2. The SMILES string of the molecule is Cc1ccc(NC(=O)N(O)[C@@H]2N(c3ccc(C)cc3)C(=O)N(CC(=O)NCC(=O)[O-])C2(C)C)cc1. The third-order valence-electron chi connectivity index (χ3n) is 5.80. The molecule has 0 aromatic heterocycles. The number of carboxylic acids is 1. The highest BCUT2D eigenvalue weighted by atomic mass is 16.5. The molecule has 35 heavy (non-hydrogen) atoms. The van der Waals surface area contributed by atoms with Crippen molar-refractivity contribution in [2.45, 2.75) is 39.4 Å². The number of anilines is 2. The Kier molecular flexibility index (Phi) is 7.30. The van der Waals surface area contributed by atoms with Crippen molar-refractivity contribution in [3.63, 3.8) is 0 Å². The maximum atomic E-state index is 13.5. The Morgan fingerprint density at radius 2 is 1.57 bits per heavy atom. The number of hydrogen-bond acceptors (Lipinski definition) is 6. The fourth-order valence-corrected chi connectivity index (χ4v) is 3.87. The number of carbonyl (C=O) groups excluding carboxylic acids is 4. The van der Waals surface area contributed by atoms with E-state index in [0.29, 0.717) is 16.4 Å². The van der Waals surface area contributed by atoms with Gasteiger partial charge >= 0.3 is 12.1 Å². The first-order chi connectivity index (χ1) is 16.4. The van der Waals surface area contributed by atoms with E-state index in [-0.39, 0.29) is 0 Å². The Morgan fingerprint density at radius 3 is 2.11 bits per heavy atom. The summed E-state index contributed by atoms with van der Waals surface area (Å²) in [5.41, 5.74) is 1.51. The minimum Gasteiger partial charge on any atom is -0.548 e. The van der Waals surface area contributed by atoms with Crippen molar-refractivity contribution in [1.29, 1.82) is 0 Å². The van der Waals surface area contributed by atoms with Crippen LogP contribution in [0.5, 0.6) is 0 Å². The predicted molar refractivity (Wildman–Crippen MR) is 125 cm³/mol. The second kappa shape index (κ2) is 10.0. The molecule has 0 aliphatic carbocycles. The zero-order valence-corrected chi connectivity index (χ0v) is 19.9. The Bertz CT molecular complexity index is 1120. The zero-order chi connectivity index (χ0) is 25.9. The number of carboxylic acid groups (broad SMARTS) is 1. The molecule has 0 spiro atoms. The average molecular weight is 483 g/mol. The fourth-order valence-electron chi connectivity index (χ4n) is 3.87. The summed E-state index contributed by atoms with van der Waals surface area (Å²) in [4.78, 5) is 51.9. The highest BCUT2D eigenvalue weighted by Gasteiger charge is 2.56. The molecule has 186 valence electrons. The quantitative estimate of drug-likeness (QED) is 0.402. The molecular weight excluding hydrogens is 454 g/mol. The van der Waals surface area contributed by atoms with Gasteiger partial charge in [-0.1, -0.05) is 35.4 Å². The monoisotopic (exact) mass is 482 g/mol. The smallest absolute Gasteiger partial charge is 0.347 e. The van der Waals surface area contributed by atoms with E-state index in [2.05, 4.69) is 10.6 Å². The first-order valence-corrected chi connectivity index (χ1v) is 10.9. The molecule has 1 fully saturated rings. The van der Waals surface area contributed by atoms with Crippen LogP contribution in [0.1, 0.15) is 25.0 Å². The first kappa shape index (κ1) is 25.5. The van der Waals surface area contributed by atoms with Gasteiger partial charge in [-0.3, -0.25) is 14.9 Å². The molecule has 0 unspecified atom stereocenters. The minimum absolute atomic E-state index is 0.401. The van der Waals surface area contributed by atoms with Gasteiger partial charge in [0.2, 0.25) is 5.91 Å². The van der Waals surface area contributed by atoms with Crippen LogP contribution in [0.15, 0.2) is 48.5 Å². The van der Waals surface area contributed by atoms with Crippen molar-refractivity contribution < 1.29 is 29.5 Å². The van der Waals surface area contributed by atoms with E-state index in [1.54, 1.807) is 62.4 Å². The second-order valence-corrected chi connectivity index (χ2v) is 8.89. The molecule has 0 bridgehead atoms. The van der Waals surface area contributed by atoms with E-state index < -0.39 is 48.7 Å². The maximum absolute atomic E-state index is 13.5. The van der Waals surface area contributed by atoms with E-state index in [1.165, 1.54) is 9.80 Å². The van der Waals surface area contributed by atoms with Gasteiger partial charge in [-0.05, 0) is 52.0 Å². The van der Waals surface area contributed by atoms with Gasteiger partial charge < -0.3 is 25.4 Å². The first-order valence-electron chi connectivity index (χ1n) is 10.9. The van der Waals surface area contributed by atoms with E-state index in [9.17, 15) is 29.5 Å². The number of aryl methyl sites for hydroxylation is 2. The Hall–Kier alpha value is -4.12. The summed E-state index contributed by atoms with van der Waals surface area (Å²) >= 11 is 0. The normalized spacial score (nSPS) is 16.7. The molecule has 1 aliphatic heterocycles. The van der Waals surface area contributed by atoms with Gasteiger partial charge in [-0.15, -0.1) is 0 Å². The van der Waals surface area contributed by atoms with Crippen LogP contribution >= 0.6 is 0 Å². The Balaban J connectivity index is 1.94. The van der Waals surface area contributed by atoms with E-state index in [0.717, 1.165) is 11.1 Å². The van der Waals surface area contributed by atoms with Crippen LogP contribution in [0, 0.1) is 13.8 Å². The highest BCUT2D eigenvalue weighted by Crippen LogP contribution is 2.37. The average Bonchev–Trinajstić information content (AvgIpc) is 2.99. The third kappa shape index (κ3) is 5.52. The minimum atomic E-state index is -1.47. The summed E-state index contributed by atoms with van der Waals surface area (Å²) in [5, 5.41) is 26.9. The van der Waals surface area contributed by atoms with Crippen LogP contribution in [0.2, 0.25) is 0 Å². The zero-order valence-electron chi connectivity index (χ0n) is 19.9. The molecule has 1 saturated heterocycles. The fraction of sp³-hybridized carbons (Fsp3) is 0.333. The van der Waals surface area contributed by atoms with Crippen molar-refractivity contribution in [3.8, 4) is 0 Å². The van der Waals surface area contributed by atoms with Gasteiger partial charge in [-0.2, -0.15) is 5.06 Å². The van der Waals surface area contributed by atoms with Gasteiger partial charge in [-0.25, -0.2) is 9.59 Å². The van der Waals surface area contributed by atoms with Crippen LogP contribution in [-0.2, 0) is 9.59 Å². The number of urea groups is 2. The molecule has 1 heterocycles. The van der Waals surface area contributed by atoms with Crippen molar-refractivity contribution >= 4 is 35.3 Å². The molecule has 3 N–H and O–H groups in total. The van der Waals surface area contributed by atoms with Gasteiger partial charge in [0.25, 0.3) is 0 Å². The lowest BCUT2D eigenvalue weighted by Crippen LogP contribution is -2.58. The topological polar surface area (TPSA) is 145 Å². The van der Waals surface area contributed by atoms with Crippen molar-refractivity contribution in [2.24, 2.45) is 0 Å². The van der Waals surface area contributed by atoms with E-state index in [1.807, 2.05) is 13.8 Å². The largest absolute Gasteiger partial charge is 0.548 e. The summed E-state index contributed by atoms with van der Waals surface area (Å²) in [5.74, 6) is -2.20. The van der Waals surface area contributed by atoms with Gasteiger partial charge in [0.1, 0.15) is 6.54 Å². The molecule has 5 amide bonds. The van der Waals surface area contributed by atoms with Crippen LogP contribution in [0.25, 0.3) is 0 Å². The number of nitrogens with one attached hydrogen (secondary N) is 2. The summed E-state index contributed by atoms with van der Waals surface area (Å²) in [6, 6.07) is 12.3. The molecular formula is C24H28N5O6-. The van der Waals surface area contributed by atoms with Crippen LogP contribution in [-0.4, -0.2) is 63.9 Å². The predicted octanol–water partition coefficient (Wildman–Crippen LogP) is 1.44. The van der Waals surface area contributed by atoms with Crippen LogP contribution in [0.4, 0.5) is 21.0 Å². The summed E-state index contributed by atoms with van der Waals surface area (Å²) < 4.78 is 0. The van der Waals surface area contributed by atoms with Gasteiger partial charge in [0.15, 0.2) is 6.17 Å². The van der Waals surface area contributed by atoms with Crippen LogP contribution in [0.3, 0.4) is 0 Å². The van der Waals surface area contributed by atoms with E-state index in [4.69, 9.17) is 0 Å². The molecule has 0 radical (unpaired) electrons. The molecule has 3 rings (SSSR count). The van der Waals surface area contributed by atoms with Crippen LogP contribution < -0.4 is 20.6 Å². The van der Waals surface area contributed by atoms with Crippen molar-refractivity contribution in [2.75, 3.05) is 23.3 Å². The summed E-state index contributed by atoms with van der Waals surface area (Å²) in [6.45, 7) is 5.76. The molecule has 11 nitrogen and oxygen atoms in total. The number of carbonyl (C=O) groups is 4. The van der Waals surface area contributed by atoms with Crippen molar-refractivity contribution in [1.82, 2.24) is 15.3 Å². The summed E-state index contributed by atoms with van der Waals surface area (Å²) in [6.07, 6.45) is -1.22. The highest BCUT2D eigenvalue weighted by molar-refractivity contribution is 6.00. The molecule has 0 saturated carbocycles. The standard InChI is InChI=1S/C24H29N5O6/c1-15-5-9-17(10-6-15)26-22(33)29(35)21-24(3,4)27(14-19(30)25-13-20(31)32)23(34)28(21)18-11-7-16(2)8-12-18/h5-12,21,35H,13-14H2,1-4H3,(H,25,30)(H,26,33)(H,31,32)/p-1/t21-/m0/s1. The van der Waals surface area contributed by atoms with Gasteiger partial charge in [0.05, 0.1) is 18.1 Å². The number of amides is 5. The number of benzene rings is 2. The van der Waals surface area contributed by atoms with Gasteiger partial charge in [0, 0.05) is 11.4 Å². The third-order valence-corrected chi connectivity index (χ3v) is 5.80. The molecule has 1 atom stereocenters. The molecule has 11 heteroatoms. The molecule has 2 aromatic carbocycles. The molecule has 2 aromatic rings. The lowest BCUT2D eigenvalue weighted by atomic mass is 9.99. The lowest BCUT2D eigenvalue weighted by molar-refractivity contribution is -0.304. The maximum Gasteiger partial charge on any atom is 0.347 e. The number of nitrogens with zero attached hydrogens (tertiary/aromatic N) is 3. The Morgan fingerprint density at radius 1 is 1.03 bits per heavy atom. The lowest BCUT2D eigenvalue weighted by Gasteiger charge is -2.38. The Labute approximate surface area is 202 Å². The number of hydrogen-bond donors (Lipinski definition) is 3. The van der Waals surface area contributed by atoms with Crippen molar-refractivity contribution in [3.05, 3.63) is 59.7 Å². The number of rotatable bonds is 7. The molecule has 1 aliphatic rings.